The van der Waals surface area contributed by atoms with E-state index in [0.29, 0.717) is 11.4 Å². The zero-order chi connectivity index (χ0) is 13.1. The first-order valence-corrected chi connectivity index (χ1v) is 5.92. The van der Waals surface area contributed by atoms with E-state index in [9.17, 15) is 4.79 Å². The van der Waals surface area contributed by atoms with E-state index in [1.807, 2.05) is 42.6 Å². The Labute approximate surface area is 110 Å². The van der Waals surface area contributed by atoms with Crippen molar-refractivity contribution in [1.29, 1.82) is 0 Å². The molecule has 0 bridgehead atoms. The first kappa shape index (κ1) is 11.3. The molecule has 4 heteroatoms. The quantitative estimate of drug-likeness (QED) is 0.729. The summed E-state index contributed by atoms with van der Waals surface area (Å²) < 4.78 is 5.23. The van der Waals surface area contributed by atoms with Gasteiger partial charge in [-0.15, -0.1) is 0 Å². The molecule has 2 N–H and O–H groups in total. The maximum absolute atomic E-state index is 11.7. The Morgan fingerprint density at radius 1 is 1.05 bits per heavy atom. The van der Waals surface area contributed by atoms with Crippen molar-refractivity contribution in [3.05, 3.63) is 60.8 Å². The molecule has 3 rings (SSSR count). The van der Waals surface area contributed by atoms with Gasteiger partial charge in [0.25, 0.3) is 0 Å². The second-order valence-corrected chi connectivity index (χ2v) is 4.11. The van der Waals surface area contributed by atoms with E-state index in [0.717, 1.165) is 10.9 Å². The molecule has 1 amide bonds. The molecule has 0 spiro atoms. The van der Waals surface area contributed by atoms with Gasteiger partial charge in [-0.05, 0) is 36.4 Å². The van der Waals surface area contributed by atoms with Crippen LogP contribution in [0.1, 0.15) is 0 Å². The fourth-order valence-corrected chi connectivity index (χ4v) is 1.87. The van der Waals surface area contributed by atoms with Gasteiger partial charge in [-0.25, -0.2) is 4.79 Å². The third-order valence-electron chi connectivity index (χ3n) is 2.76. The number of amides is 1. The van der Waals surface area contributed by atoms with Crippen molar-refractivity contribution < 1.29 is 9.53 Å². The summed E-state index contributed by atoms with van der Waals surface area (Å²) in [4.78, 5) is 14.8. The number of fused-ring (bicyclic) bond motifs is 1. The summed E-state index contributed by atoms with van der Waals surface area (Å²) in [6, 6.07) is 16.6. The van der Waals surface area contributed by atoms with Gasteiger partial charge in [0.05, 0.1) is 0 Å². The van der Waals surface area contributed by atoms with E-state index in [4.69, 9.17) is 4.74 Å². The molecule has 0 fully saturated rings. The molecule has 19 heavy (non-hydrogen) atoms. The Kier molecular flexibility index (Phi) is 2.90. The van der Waals surface area contributed by atoms with Crippen molar-refractivity contribution in [1.82, 2.24) is 4.98 Å². The minimum absolute atomic E-state index is 0.499. The maximum atomic E-state index is 11.7. The molecule has 3 aromatic rings. The van der Waals surface area contributed by atoms with Gasteiger partial charge in [0.1, 0.15) is 5.75 Å². The van der Waals surface area contributed by atoms with Crippen molar-refractivity contribution in [2.75, 3.05) is 5.32 Å². The molecule has 2 aromatic carbocycles. The molecule has 1 aromatic heterocycles. The summed E-state index contributed by atoms with van der Waals surface area (Å²) in [7, 11) is 0. The topological polar surface area (TPSA) is 54.1 Å². The average Bonchev–Trinajstić information content (AvgIpc) is 2.87. The third-order valence-corrected chi connectivity index (χ3v) is 2.76. The zero-order valence-corrected chi connectivity index (χ0v) is 10.1. The Hall–Kier alpha value is -2.75. The molecule has 0 saturated carbocycles. The SMILES string of the molecule is O=C(Nc1ccccc1)Oc1ccc2[nH]ccc2c1. The predicted octanol–water partition coefficient (Wildman–Crippen LogP) is 3.78. The van der Waals surface area contributed by atoms with Crippen molar-refractivity contribution in [3.8, 4) is 5.75 Å². The lowest BCUT2D eigenvalue weighted by Crippen LogP contribution is -2.16. The van der Waals surface area contributed by atoms with Crippen LogP contribution in [-0.2, 0) is 0 Å². The Morgan fingerprint density at radius 3 is 2.74 bits per heavy atom. The second kappa shape index (κ2) is 4.86. The number of aromatic amines is 1. The Bertz CT molecular complexity index is 704. The summed E-state index contributed by atoms with van der Waals surface area (Å²) in [5, 5.41) is 3.67. The largest absolute Gasteiger partial charge is 0.417 e. The first-order valence-electron chi connectivity index (χ1n) is 5.92. The number of carbonyl (C=O) groups is 1. The van der Waals surface area contributed by atoms with E-state index in [1.54, 1.807) is 18.2 Å². The summed E-state index contributed by atoms with van der Waals surface area (Å²) in [6.45, 7) is 0. The van der Waals surface area contributed by atoms with Gasteiger partial charge in [-0.3, -0.25) is 5.32 Å². The summed E-state index contributed by atoms with van der Waals surface area (Å²) in [5.41, 5.74) is 1.71. The van der Waals surface area contributed by atoms with Crippen LogP contribution < -0.4 is 10.1 Å². The molecule has 4 nitrogen and oxygen atoms in total. The number of ether oxygens (including phenoxy) is 1. The highest BCUT2D eigenvalue weighted by molar-refractivity contribution is 5.87. The molecule has 94 valence electrons. The number of hydrogen-bond donors (Lipinski definition) is 2. The number of benzene rings is 2. The van der Waals surface area contributed by atoms with Gasteiger partial charge in [0, 0.05) is 22.8 Å². The smallest absolute Gasteiger partial charge is 0.410 e. The standard InChI is InChI=1S/C15H12N2O2/c18-15(17-12-4-2-1-3-5-12)19-13-6-7-14-11(10-13)8-9-16-14/h1-10,16H,(H,17,18). The van der Waals surface area contributed by atoms with E-state index in [-0.39, 0.29) is 0 Å². The lowest BCUT2D eigenvalue weighted by molar-refractivity contribution is 0.215. The zero-order valence-electron chi connectivity index (χ0n) is 10.1. The molecule has 0 aliphatic heterocycles. The van der Waals surface area contributed by atoms with E-state index in [2.05, 4.69) is 10.3 Å². The molecule has 0 aliphatic rings. The highest BCUT2D eigenvalue weighted by Crippen LogP contribution is 2.20. The highest BCUT2D eigenvalue weighted by atomic mass is 16.6. The monoisotopic (exact) mass is 252 g/mol. The molecule has 0 aliphatic carbocycles. The van der Waals surface area contributed by atoms with Gasteiger partial charge in [-0.2, -0.15) is 0 Å². The number of carbonyl (C=O) groups excluding carboxylic acids is 1. The number of nitrogens with one attached hydrogen (secondary N) is 2. The van der Waals surface area contributed by atoms with Gasteiger partial charge in [-0.1, -0.05) is 18.2 Å². The van der Waals surface area contributed by atoms with E-state index in [1.165, 1.54) is 0 Å². The lowest BCUT2D eigenvalue weighted by atomic mass is 10.2. The summed E-state index contributed by atoms with van der Waals surface area (Å²) in [5.74, 6) is 0.514. The van der Waals surface area contributed by atoms with Crippen LogP contribution in [0.2, 0.25) is 0 Å². The van der Waals surface area contributed by atoms with Gasteiger partial charge in [0.2, 0.25) is 0 Å². The average molecular weight is 252 g/mol. The van der Waals surface area contributed by atoms with Gasteiger partial charge < -0.3 is 9.72 Å². The lowest BCUT2D eigenvalue weighted by Gasteiger charge is -2.06. The van der Waals surface area contributed by atoms with E-state index < -0.39 is 6.09 Å². The van der Waals surface area contributed by atoms with Crippen molar-refractivity contribution in [2.45, 2.75) is 0 Å². The molecular formula is C15H12N2O2. The molecule has 0 radical (unpaired) electrons. The third kappa shape index (κ3) is 2.57. The van der Waals surface area contributed by atoms with Crippen LogP contribution in [0, 0.1) is 0 Å². The Balaban J connectivity index is 1.72. The van der Waals surface area contributed by atoms with Gasteiger partial charge >= 0.3 is 6.09 Å². The molecule has 0 atom stereocenters. The normalized spacial score (nSPS) is 10.3. The van der Waals surface area contributed by atoms with Crippen molar-refractivity contribution in [3.63, 3.8) is 0 Å². The maximum Gasteiger partial charge on any atom is 0.417 e. The number of hydrogen-bond acceptors (Lipinski definition) is 2. The molecule has 1 heterocycles. The van der Waals surface area contributed by atoms with Crippen LogP contribution in [-0.4, -0.2) is 11.1 Å². The van der Waals surface area contributed by atoms with Crippen LogP contribution in [0.15, 0.2) is 60.8 Å². The van der Waals surface area contributed by atoms with Crippen LogP contribution in [0.4, 0.5) is 10.5 Å². The fourth-order valence-electron chi connectivity index (χ4n) is 1.87. The van der Waals surface area contributed by atoms with Crippen molar-refractivity contribution >= 4 is 22.7 Å². The summed E-state index contributed by atoms with van der Waals surface area (Å²) in [6.07, 6.45) is 1.35. The van der Waals surface area contributed by atoms with E-state index >= 15 is 0 Å². The molecular weight excluding hydrogens is 240 g/mol. The fraction of sp³-hybridized carbons (Fsp3) is 0. The minimum Gasteiger partial charge on any atom is -0.410 e. The second-order valence-electron chi connectivity index (χ2n) is 4.11. The number of anilines is 1. The molecule has 0 saturated heterocycles. The first-order chi connectivity index (χ1) is 9.31. The van der Waals surface area contributed by atoms with Crippen molar-refractivity contribution in [2.24, 2.45) is 0 Å². The predicted molar refractivity (Wildman–Crippen MR) is 74.4 cm³/mol. The minimum atomic E-state index is -0.499. The van der Waals surface area contributed by atoms with Crippen LogP contribution in [0.25, 0.3) is 10.9 Å². The number of rotatable bonds is 2. The van der Waals surface area contributed by atoms with Crippen LogP contribution in [0.3, 0.4) is 0 Å². The summed E-state index contributed by atoms with van der Waals surface area (Å²) >= 11 is 0. The van der Waals surface area contributed by atoms with Crippen LogP contribution in [0.5, 0.6) is 5.75 Å². The molecule has 0 unspecified atom stereocenters. The highest BCUT2D eigenvalue weighted by Gasteiger charge is 2.05. The Morgan fingerprint density at radius 2 is 1.89 bits per heavy atom. The number of H-pyrrole nitrogens is 1. The van der Waals surface area contributed by atoms with Crippen LogP contribution >= 0.6 is 0 Å². The number of para-hydroxylation sites is 1. The number of aromatic nitrogens is 1. The van der Waals surface area contributed by atoms with Gasteiger partial charge in [0.15, 0.2) is 0 Å².